The van der Waals surface area contributed by atoms with Gasteiger partial charge in [-0.1, -0.05) is 43.2 Å². The normalized spacial score (nSPS) is 26.9. The summed E-state index contributed by atoms with van der Waals surface area (Å²) in [7, 11) is 1.69. The topological polar surface area (TPSA) is 47.6 Å². The molecule has 1 aliphatic heterocycles. The zero-order valence-electron chi connectivity index (χ0n) is 16.7. The van der Waals surface area contributed by atoms with Crippen LogP contribution in [0.4, 0.5) is 0 Å². The van der Waals surface area contributed by atoms with Crippen LogP contribution in [0.2, 0.25) is 0 Å². The molecule has 28 heavy (non-hydrogen) atoms. The highest BCUT2D eigenvalue weighted by atomic mass is 16.5. The van der Waals surface area contributed by atoms with Gasteiger partial charge in [0.15, 0.2) is 0 Å². The Morgan fingerprint density at radius 2 is 1.82 bits per heavy atom. The molecule has 1 aliphatic carbocycles. The maximum absolute atomic E-state index is 11.8. The Labute approximate surface area is 167 Å². The summed E-state index contributed by atoms with van der Waals surface area (Å²) >= 11 is 0. The summed E-state index contributed by atoms with van der Waals surface area (Å²) in [4.78, 5) is 11.8. The van der Waals surface area contributed by atoms with Crippen molar-refractivity contribution in [2.45, 2.75) is 57.3 Å². The fourth-order valence-corrected chi connectivity index (χ4v) is 4.79. The molecule has 2 fully saturated rings. The van der Waals surface area contributed by atoms with Crippen LogP contribution in [0.15, 0.2) is 48.5 Å². The summed E-state index contributed by atoms with van der Waals surface area (Å²) < 4.78 is 11.9. The summed E-state index contributed by atoms with van der Waals surface area (Å²) in [5.74, 6) is 1.35. The van der Waals surface area contributed by atoms with E-state index in [-0.39, 0.29) is 24.2 Å². The molecule has 2 aliphatic rings. The van der Waals surface area contributed by atoms with E-state index >= 15 is 0 Å². The van der Waals surface area contributed by atoms with Crippen LogP contribution in [0.25, 0.3) is 11.1 Å². The van der Waals surface area contributed by atoms with E-state index < -0.39 is 0 Å². The molecule has 4 atom stereocenters. The van der Waals surface area contributed by atoms with Crippen LogP contribution in [-0.4, -0.2) is 25.2 Å². The number of amides is 1. The molecular weight excluding hydrogens is 350 g/mol. The molecule has 0 unspecified atom stereocenters. The standard InChI is InChI=1S/C24H29NO3/c1-16(26)25-22-15-24(28-23-12-4-3-11-21(22)23)19-9-5-7-17(13-19)18-8-6-10-20(14-18)27-2/h5-10,13-14,21-24H,3-4,11-12,15H2,1-2H3,(H,25,26)/t21-,22+,23+,24+/m0/s1. The van der Waals surface area contributed by atoms with Gasteiger partial charge in [0.05, 0.1) is 19.3 Å². The van der Waals surface area contributed by atoms with Crippen molar-refractivity contribution < 1.29 is 14.3 Å². The molecule has 4 rings (SSSR count). The zero-order chi connectivity index (χ0) is 19.5. The lowest BCUT2D eigenvalue weighted by molar-refractivity contribution is -0.131. The Kier molecular flexibility index (Phi) is 5.67. The summed E-state index contributed by atoms with van der Waals surface area (Å²) in [6.07, 6.45) is 5.77. The first kappa shape index (κ1) is 19.0. The molecule has 1 heterocycles. The average molecular weight is 380 g/mol. The second kappa shape index (κ2) is 8.36. The third kappa shape index (κ3) is 4.07. The molecule has 2 aromatic carbocycles. The Hall–Kier alpha value is -2.33. The molecule has 2 aromatic rings. The first-order valence-electron chi connectivity index (χ1n) is 10.3. The number of carbonyl (C=O) groups is 1. The van der Waals surface area contributed by atoms with Gasteiger partial charge < -0.3 is 14.8 Å². The summed E-state index contributed by atoms with van der Waals surface area (Å²) in [6.45, 7) is 1.62. The predicted octanol–water partition coefficient (Wildman–Crippen LogP) is 4.89. The number of methoxy groups -OCH3 is 1. The molecule has 0 radical (unpaired) electrons. The van der Waals surface area contributed by atoms with Gasteiger partial charge in [-0.15, -0.1) is 0 Å². The van der Waals surface area contributed by atoms with E-state index in [4.69, 9.17) is 9.47 Å². The van der Waals surface area contributed by atoms with Gasteiger partial charge in [-0.2, -0.15) is 0 Å². The molecule has 148 valence electrons. The number of fused-ring (bicyclic) bond motifs is 1. The molecular formula is C24H29NO3. The second-order valence-electron chi connectivity index (χ2n) is 8.01. The monoisotopic (exact) mass is 379 g/mol. The number of carbonyl (C=O) groups excluding carboxylic acids is 1. The van der Waals surface area contributed by atoms with Crippen molar-refractivity contribution >= 4 is 5.91 Å². The quantitative estimate of drug-likeness (QED) is 0.823. The van der Waals surface area contributed by atoms with Crippen LogP contribution in [0.5, 0.6) is 5.75 Å². The predicted molar refractivity (Wildman–Crippen MR) is 110 cm³/mol. The summed E-state index contributed by atoms with van der Waals surface area (Å²) in [6, 6.07) is 16.9. The maximum atomic E-state index is 11.8. The van der Waals surface area contributed by atoms with Gasteiger partial charge in [0.2, 0.25) is 5.91 Å². The summed E-state index contributed by atoms with van der Waals surface area (Å²) in [5.41, 5.74) is 3.47. The molecule has 4 heteroatoms. The molecule has 1 saturated heterocycles. The molecule has 1 amide bonds. The zero-order valence-corrected chi connectivity index (χ0v) is 16.7. The average Bonchev–Trinajstić information content (AvgIpc) is 2.73. The third-order valence-electron chi connectivity index (χ3n) is 6.13. The number of rotatable bonds is 4. The van der Waals surface area contributed by atoms with E-state index in [9.17, 15) is 4.79 Å². The van der Waals surface area contributed by atoms with E-state index in [0.717, 1.165) is 36.1 Å². The number of ether oxygens (including phenoxy) is 2. The van der Waals surface area contributed by atoms with Gasteiger partial charge in [-0.25, -0.2) is 0 Å². The smallest absolute Gasteiger partial charge is 0.217 e. The Morgan fingerprint density at radius 1 is 1.07 bits per heavy atom. The molecule has 0 bridgehead atoms. The van der Waals surface area contributed by atoms with Crippen molar-refractivity contribution in [3.8, 4) is 16.9 Å². The van der Waals surface area contributed by atoms with Crippen LogP contribution in [0, 0.1) is 5.92 Å². The largest absolute Gasteiger partial charge is 0.497 e. The number of hydrogen-bond acceptors (Lipinski definition) is 3. The number of hydrogen-bond donors (Lipinski definition) is 1. The van der Waals surface area contributed by atoms with Gasteiger partial charge in [0, 0.05) is 18.9 Å². The van der Waals surface area contributed by atoms with Crippen molar-refractivity contribution in [3.05, 3.63) is 54.1 Å². The highest BCUT2D eigenvalue weighted by Crippen LogP contribution is 2.42. The van der Waals surface area contributed by atoms with Gasteiger partial charge in [0.1, 0.15) is 5.75 Å². The minimum absolute atomic E-state index is 0.0155. The molecule has 1 N–H and O–H groups in total. The number of benzene rings is 2. The molecule has 4 nitrogen and oxygen atoms in total. The van der Waals surface area contributed by atoms with Crippen LogP contribution in [0.3, 0.4) is 0 Å². The second-order valence-corrected chi connectivity index (χ2v) is 8.01. The summed E-state index contributed by atoms with van der Waals surface area (Å²) in [5, 5.41) is 3.21. The minimum atomic E-state index is 0.0155. The minimum Gasteiger partial charge on any atom is -0.497 e. The van der Waals surface area contributed by atoms with E-state index in [2.05, 4.69) is 41.7 Å². The van der Waals surface area contributed by atoms with Crippen molar-refractivity contribution in [1.82, 2.24) is 5.32 Å². The fraction of sp³-hybridized carbons (Fsp3) is 0.458. The van der Waals surface area contributed by atoms with E-state index in [1.165, 1.54) is 18.4 Å². The van der Waals surface area contributed by atoms with Crippen LogP contribution in [-0.2, 0) is 9.53 Å². The van der Waals surface area contributed by atoms with E-state index in [0.29, 0.717) is 5.92 Å². The van der Waals surface area contributed by atoms with Gasteiger partial charge in [-0.3, -0.25) is 4.79 Å². The van der Waals surface area contributed by atoms with E-state index in [1.807, 2.05) is 12.1 Å². The third-order valence-corrected chi connectivity index (χ3v) is 6.13. The van der Waals surface area contributed by atoms with Crippen molar-refractivity contribution in [1.29, 1.82) is 0 Å². The van der Waals surface area contributed by atoms with Crippen LogP contribution >= 0.6 is 0 Å². The lowest BCUT2D eigenvalue weighted by atomic mass is 9.76. The Balaban J connectivity index is 1.60. The SMILES string of the molecule is COc1cccc(-c2cccc([C@H]3C[C@@H](NC(C)=O)[C@@H]4CCCC[C@H]4O3)c2)c1. The van der Waals surface area contributed by atoms with Crippen molar-refractivity contribution in [2.24, 2.45) is 5.92 Å². The van der Waals surface area contributed by atoms with Crippen molar-refractivity contribution in [3.63, 3.8) is 0 Å². The van der Waals surface area contributed by atoms with Gasteiger partial charge >= 0.3 is 0 Å². The van der Waals surface area contributed by atoms with E-state index in [1.54, 1.807) is 14.0 Å². The van der Waals surface area contributed by atoms with Crippen LogP contribution < -0.4 is 10.1 Å². The van der Waals surface area contributed by atoms with Gasteiger partial charge in [0.25, 0.3) is 0 Å². The van der Waals surface area contributed by atoms with Gasteiger partial charge in [-0.05, 0) is 54.2 Å². The molecule has 1 saturated carbocycles. The lowest BCUT2D eigenvalue weighted by Gasteiger charge is -2.45. The number of nitrogens with one attached hydrogen (secondary N) is 1. The molecule has 0 aromatic heterocycles. The first-order chi connectivity index (χ1) is 13.6. The highest BCUT2D eigenvalue weighted by molar-refractivity contribution is 5.73. The van der Waals surface area contributed by atoms with Crippen molar-refractivity contribution in [2.75, 3.05) is 7.11 Å². The molecule has 0 spiro atoms. The van der Waals surface area contributed by atoms with Crippen LogP contribution in [0.1, 0.15) is 50.7 Å². The maximum Gasteiger partial charge on any atom is 0.217 e. The highest BCUT2D eigenvalue weighted by Gasteiger charge is 2.40. The Morgan fingerprint density at radius 3 is 2.61 bits per heavy atom. The lowest BCUT2D eigenvalue weighted by Crippen LogP contribution is -2.50. The fourth-order valence-electron chi connectivity index (χ4n) is 4.79. The Bertz CT molecular complexity index is 834. The first-order valence-corrected chi connectivity index (χ1v) is 10.3.